The summed E-state index contributed by atoms with van der Waals surface area (Å²) in [6.07, 6.45) is 4.67. The Labute approximate surface area is 95.3 Å². The number of carbonyl (C=O) groups is 2. The lowest BCUT2D eigenvalue weighted by atomic mass is 9.85. The first-order valence-corrected chi connectivity index (χ1v) is 6.08. The van der Waals surface area contributed by atoms with Crippen LogP contribution in [0.4, 0.5) is 0 Å². The second-order valence-corrected chi connectivity index (χ2v) is 4.62. The zero-order valence-corrected chi connectivity index (χ0v) is 9.66. The molecule has 0 unspecified atom stereocenters. The summed E-state index contributed by atoms with van der Waals surface area (Å²) < 4.78 is 10.5. The summed E-state index contributed by atoms with van der Waals surface area (Å²) in [5, 5.41) is 0. The van der Waals surface area contributed by atoms with Gasteiger partial charge in [-0.3, -0.25) is 4.79 Å². The van der Waals surface area contributed by atoms with E-state index in [1.165, 1.54) is 0 Å². The minimum Gasteiger partial charge on any atom is -0.463 e. The van der Waals surface area contributed by atoms with Crippen LogP contribution in [0.5, 0.6) is 0 Å². The van der Waals surface area contributed by atoms with Gasteiger partial charge >= 0.3 is 11.9 Å². The Hall–Kier alpha value is -1.06. The summed E-state index contributed by atoms with van der Waals surface area (Å²) in [4.78, 5) is 23.7. The third kappa shape index (κ3) is 1.93. The normalized spacial score (nSPS) is 33.8. The Kier molecular flexibility index (Phi) is 3.17. The maximum absolute atomic E-state index is 11.9. The average molecular weight is 226 g/mol. The highest BCUT2D eigenvalue weighted by molar-refractivity contribution is 5.85. The van der Waals surface area contributed by atoms with Crippen LogP contribution < -0.4 is 0 Å². The van der Waals surface area contributed by atoms with Crippen molar-refractivity contribution in [2.75, 3.05) is 6.61 Å². The second-order valence-electron chi connectivity index (χ2n) is 4.62. The van der Waals surface area contributed by atoms with Gasteiger partial charge in [-0.1, -0.05) is 0 Å². The minimum absolute atomic E-state index is 0.00111. The molecule has 2 fully saturated rings. The van der Waals surface area contributed by atoms with E-state index in [2.05, 4.69) is 0 Å². The van der Waals surface area contributed by atoms with Gasteiger partial charge in [0, 0.05) is 0 Å². The maximum atomic E-state index is 11.9. The molecule has 0 N–H and O–H groups in total. The summed E-state index contributed by atoms with van der Waals surface area (Å²) >= 11 is 0. The molecule has 16 heavy (non-hydrogen) atoms. The second kappa shape index (κ2) is 4.44. The Morgan fingerprint density at radius 1 is 1.44 bits per heavy atom. The fraction of sp³-hybridized carbons (Fsp3) is 0.833. The fourth-order valence-electron chi connectivity index (χ4n) is 2.66. The topological polar surface area (TPSA) is 52.6 Å². The average Bonchev–Trinajstić information content (AvgIpc) is 2.46. The van der Waals surface area contributed by atoms with E-state index in [4.69, 9.17) is 9.47 Å². The van der Waals surface area contributed by atoms with Crippen LogP contribution >= 0.6 is 0 Å². The van der Waals surface area contributed by atoms with Crippen molar-refractivity contribution in [3.8, 4) is 0 Å². The van der Waals surface area contributed by atoms with Gasteiger partial charge in [-0.2, -0.15) is 0 Å². The largest absolute Gasteiger partial charge is 0.463 e. The van der Waals surface area contributed by atoms with Crippen molar-refractivity contribution in [1.29, 1.82) is 0 Å². The van der Waals surface area contributed by atoms with Gasteiger partial charge in [0.05, 0.1) is 12.5 Å². The van der Waals surface area contributed by atoms with Gasteiger partial charge in [0.1, 0.15) is 0 Å². The van der Waals surface area contributed by atoms with Crippen molar-refractivity contribution in [1.82, 2.24) is 0 Å². The Balaban J connectivity index is 2.22. The van der Waals surface area contributed by atoms with Gasteiger partial charge in [-0.05, 0) is 45.4 Å². The molecule has 0 amide bonds. The third-order valence-electron chi connectivity index (χ3n) is 3.54. The molecular formula is C12H18O4. The molecule has 2 aliphatic heterocycles. The Morgan fingerprint density at radius 3 is 2.62 bits per heavy atom. The van der Waals surface area contributed by atoms with Crippen LogP contribution in [0, 0.1) is 5.92 Å². The number of esters is 2. The molecule has 0 aliphatic carbocycles. The molecule has 0 atom stereocenters. The van der Waals surface area contributed by atoms with Crippen molar-refractivity contribution in [3.63, 3.8) is 0 Å². The van der Waals surface area contributed by atoms with Gasteiger partial charge in [0.15, 0.2) is 0 Å². The van der Waals surface area contributed by atoms with Crippen molar-refractivity contribution in [3.05, 3.63) is 0 Å². The van der Waals surface area contributed by atoms with Crippen LogP contribution in [0.1, 0.15) is 45.4 Å². The molecule has 0 spiro atoms. The molecule has 4 nitrogen and oxygen atoms in total. The number of fused-ring (bicyclic) bond motifs is 3. The van der Waals surface area contributed by atoms with E-state index in [1.807, 2.05) is 0 Å². The van der Waals surface area contributed by atoms with E-state index < -0.39 is 5.60 Å². The maximum Gasteiger partial charge on any atom is 0.350 e. The van der Waals surface area contributed by atoms with E-state index in [0.717, 1.165) is 25.7 Å². The third-order valence-corrected chi connectivity index (χ3v) is 3.54. The number of hydrogen-bond donors (Lipinski definition) is 0. The zero-order valence-electron chi connectivity index (χ0n) is 9.66. The molecule has 2 aliphatic rings. The molecule has 2 bridgehead atoms. The highest BCUT2D eigenvalue weighted by atomic mass is 16.6. The van der Waals surface area contributed by atoms with E-state index in [-0.39, 0.29) is 17.9 Å². The Bertz CT molecular complexity index is 287. The molecular weight excluding hydrogens is 208 g/mol. The summed E-state index contributed by atoms with van der Waals surface area (Å²) in [7, 11) is 0. The van der Waals surface area contributed by atoms with Gasteiger partial charge in [-0.15, -0.1) is 0 Å². The number of rotatable bonds is 2. The molecule has 4 heteroatoms. The molecule has 0 saturated carbocycles. The van der Waals surface area contributed by atoms with Crippen LogP contribution in [-0.4, -0.2) is 24.1 Å². The summed E-state index contributed by atoms with van der Waals surface area (Å²) in [5.41, 5.74) is -0.974. The SMILES string of the molecule is CCOC(=O)C12CCCC(CCC1)C(=O)O2. The number of carbonyl (C=O) groups excluding carboxylic acids is 2. The summed E-state index contributed by atoms with van der Waals surface area (Å²) in [6.45, 7) is 2.11. The van der Waals surface area contributed by atoms with E-state index in [9.17, 15) is 9.59 Å². The monoisotopic (exact) mass is 226 g/mol. The van der Waals surface area contributed by atoms with Gasteiger partial charge < -0.3 is 9.47 Å². The molecule has 2 rings (SSSR count). The van der Waals surface area contributed by atoms with Gasteiger partial charge in [-0.25, -0.2) is 4.79 Å². The first kappa shape index (κ1) is 11.4. The molecule has 0 aromatic rings. The van der Waals surface area contributed by atoms with Gasteiger partial charge in [0.2, 0.25) is 5.60 Å². The van der Waals surface area contributed by atoms with E-state index in [0.29, 0.717) is 19.4 Å². The number of ether oxygens (including phenoxy) is 2. The molecule has 0 aromatic heterocycles. The lowest BCUT2D eigenvalue weighted by Crippen LogP contribution is -2.43. The first-order chi connectivity index (χ1) is 7.68. The Morgan fingerprint density at radius 2 is 2.06 bits per heavy atom. The summed E-state index contributed by atoms with van der Waals surface area (Å²) in [5.74, 6) is -0.562. The summed E-state index contributed by atoms with van der Waals surface area (Å²) in [6, 6.07) is 0. The van der Waals surface area contributed by atoms with Crippen LogP contribution in [0.15, 0.2) is 0 Å². The van der Waals surface area contributed by atoms with Crippen LogP contribution in [0.25, 0.3) is 0 Å². The molecule has 2 saturated heterocycles. The lowest BCUT2D eigenvalue weighted by molar-refractivity contribution is -0.183. The first-order valence-electron chi connectivity index (χ1n) is 6.08. The predicted octanol–water partition coefficient (Wildman–Crippen LogP) is 1.82. The highest BCUT2D eigenvalue weighted by Gasteiger charge is 2.48. The molecule has 2 heterocycles. The zero-order chi connectivity index (χ0) is 11.6. The smallest absolute Gasteiger partial charge is 0.350 e. The van der Waals surface area contributed by atoms with Crippen molar-refractivity contribution >= 4 is 11.9 Å². The van der Waals surface area contributed by atoms with E-state index in [1.54, 1.807) is 6.92 Å². The van der Waals surface area contributed by atoms with Crippen molar-refractivity contribution < 1.29 is 19.1 Å². The highest BCUT2D eigenvalue weighted by Crippen LogP contribution is 2.38. The van der Waals surface area contributed by atoms with Crippen LogP contribution in [0.2, 0.25) is 0 Å². The standard InChI is InChI=1S/C12H18O4/c1-2-15-11(14)12-7-3-5-9(6-4-8-12)10(13)16-12/h9H,2-8H2,1H3. The van der Waals surface area contributed by atoms with Crippen LogP contribution in [0.3, 0.4) is 0 Å². The fourth-order valence-corrected chi connectivity index (χ4v) is 2.66. The lowest BCUT2D eigenvalue weighted by Gasteiger charge is -2.28. The van der Waals surface area contributed by atoms with Gasteiger partial charge in [0.25, 0.3) is 0 Å². The molecule has 90 valence electrons. The van der Waals surface area contributed by atoms with Crippen molar-refractivity contribution in [2.24, 2.45) is 5.92 Å². The number of hydrogen-bond acceptors (Lipinski definition) is 4. The minimum atomic E-state index is -0.974. The molecule has 0 aromatic carbocycles. The predicted molar refractivity (Wildman–Crippen MR) is 56.6 cm³/mol. The van der Waals surface area contributed by atoms with Crippen molar-refractivity contribution in [2.45, 2.75) is 51.0 Å². The van der Waals surface area contributed by atoms with Crippen LogP contribution in [-0.2, 0) is 19.1 Å². The van der Waals surface area contributed by atoms with E-state index >= 15 is 0 Å². The molecule has 0 radical (unpaired) electrons. The quantitative estimate of drug-likeness (QED) is 0.674.